The molecule has 1 aliphatic heterocycles. The third-order valence-electron chi connectivity index (χ3n) is 5.37. The van der Waals surface area contributed by atoms with Gasteiger partial charge in [-0.25, -0.2) is 13.2 Å². The van der Waals surface area contributed by atoms with Gasteiger partial charge in [0, 0.05) is 31.1 Å². The van der Waals surface area contributed by atoms with Gasteiger partial charge >= 0.3 is 5.76 Å². The lowest BCUT2D eigenvalue weighted by Crippen LogP contribution is -2.30. The number of nitrogens with one attached hydrogen (secondary N) is 1. The van der Waals surface area contributed by atoms with E-state index in [1.807, 2.05) is 12.1 Å². The van der Waals surface area contributed by atoms with Crippen LogP contribution in [-0.4, -0.2) is 19.5 Å². The van der Waals surface area contributed by atoms with Gasteiger partial charge in [-0.3, -0.25) is 9.29 Å². The largest absolute Gasteiger partial charge is 0.419 e. The predicted molar refractivity (Wildman–Crippen MR) is 118 cm³/mol. The quantitative estimate of drug-likeness (QED) is 0.524. The van der Waals surface area contributed by atoms with Gasteiger partial charge in [0.25, 0.3) is 10.0 Å². The maximum atomic E-state index is 13.1. The number of hydrogen-bond donors (Lipinski definition) is 1. The second-order valence-electron chi connectivity index (χ2n) is 7.22. The van der Waals surface area contributed by atoms with Gasteiger partial charge in [0.05, 0.1) is 21.8 Å². The summed E-state index contributed by atoms with van der Waals surface area (Å²) in [6.45, 7) is 1.58. The van der Waals surface area contributed by atoms with E-state index >= 15 is 0 Å². The number of fused-ring (bicyclic) bond motifs is 2. The zero-order valence-corrected chi connectivity index (χ0v) is 17.8. The number of benzene rings is 2. The summed E-state index contributed by atoms with van der Waals surface area (Å²) in [7, 11) is -2.29. The van der Waals surface area contributed by atoms with Crippen LogP contribution in [0.15, 0.2) is 68.0 Å². The molecule has 0 unspecified atom stereocenters. The molecule has 5 rings (SSSR count). The normalized spacial score (nSPS) is 14.1. The number of anilines is 2. The Morgan fingerprint density at radius 2 is 1.97 bits per heavy atom. The summed E-state index contributed by atoms with van der Waals surface area (Å²) in [5.74, 6) is -0.532. The molecule has 7 nitrogen and oxygen atoms in total. The van der Waals surface area contributed by atoms with Crippen molar-refractivity contribution in [2.45, 2.75) is 17.9 Å². The van der Waals surface area contributed by atoms with Gasteiger partial charge in [0.2, 0.25) is 0 Å². The first kappa shape index (κ1) is 19.0. The molecule has 4 aromatic rings. The van der Waals surface area contributed by atoms with Crippen LogP contribution in [0.3, 0.4) is 0 Å². The Balaban J connectivity index is 1.48. The fourth-order valence-corrected chi connectivity index (χ4v) is 5.75. The molecule has 2 aromatic carbocycles. The highest BCUT2D eigenvalue weighted by Crippen LogP contribution is 2.33. The van der Waals surface area contributed by atoms with Crippen LogP contribution in [0.1, 0.15) is 10.4 Å². The summed E-state index contributed by atoms with van der Waals surface area (Å²) >= 11 is 1.77. The van der Waals surface area contributed by atoms with Gasteiger partial charge in [-0.05, 0) is 47.7 Å². The molecule has 0 bridgehead atoms. The molecule has 0 radical (unpaired) electrons. The molecule has 1 aliphatic rings. The molecule has 3 heterocycles. The summed E-state index contributed by atoms with van der Waals surface area (Å²) in [5, 5.41) is 2.10. The smallest absolute Gasteiger partial charge is 0.408 e. The van der Waals surface area contributed by atoms with Gasteiger partial charge in [-0.15, -0.1) is 11.3 Å². The van der Waals surface area contributed by atoms with Crippen molar-refractivity contribution in [1.29, 1.82) is 0 Å². The van der Waals surface area contributed by atoms with Crippen molar-refractivity contribution in [3.8, 4) is 0 Å². The predicted octanol–water partition coefficient (Wildman–Crippen LogP) is 3.56. The number of nitrogens with zero attached hydrogens (tertiary/aromatic N) is 2. The zero-order valence-electron chi connectivity index (χ0n) is 16.2. The number of sulfonamides is 1. The molecule has 0 saturated heterocycles. The number of aryl methyl sites for hydroxylation is 1. The van der Waals surface area contributed by atoms with Crippen LogP contribution in [0.4, 0.5) is 11.4 Å². The van der Waals surface area contributed by atoms with E-state index in [1.54, 1.807) is 36.6 Å². The standard InChI is InChI=1S/C21H19N3O4S2/c1-23-18-7-6-15(12-19(18)28-21(23)25)30(26,27)22-16-4-2-3-5-17(16)24-10-8-20-14(13-24)9-11-29-20/h2-7,9,11-12,22H,8,10,13H2,1H3. The lowest BCUT2D eigenvalue weighted by Gasteiger charge is -2.30. The molecule has 0 aliphatic carbocycles. The molecule has 0 fully saturated rings. The molecule has 0 saturated carbocycles. The molecule has 0 amide bonds. The lowest BCUT2D eigenvalue weighted by molar-refractivity contribution is 0.527. The Hall–Kier alpha value is -3.04. The van der Waals surface area contributed by atoms with Crippen molar-refractivity contribution in [1.82, 2.24) is 4.57 Å². The molecular formula is C21H19N3O4S2. The number of aromatic nitrogens is 1. The second-order valence-corrected chi connectivity index (χ2v) is 9.90. The minimum absolute atomic E-state index is 0.0397. The van der Waals surface area contributed by atoms with E-state index in [0.29, 0.717) is 11.2 Å². The van der Waals surface area contributed by atoms with Gasteiger partial charge in [0.15, 0.2) is 5.58 Å². The molecule has 9 heteroatoms. The van der Waals surface area contributed by atoms with E-state index in [0.717, 1.165) is 25.2 Å². The first-order valence-corrected chi connectivity index (χ1v) is 11.8. The van der Waals surface area contributed by atoms with Crippen LogP contribution in [0.2, 0.25) is 0 Å². The van der Waals surface area contributed by atoms with Gasteiger partial charge < -0.3 is 9.32 Å². The van der Waals surface area contributed by atoms with E-state index in [-0.39, 0.29) is 10.5 Å². The van der Waals surface area contributed by atoms with Crippen LogP contribution in [0.5, 0.6) is 0 Å². The third-order valence-corrected chi connectivity index (χ3v) is 7.76. The summed E-state index contributed by atoms with van der Waals surface area (Å²) in [6.07, 6.45) is 0.942. The van der Waals surface area contributed by atoms with E-state index in [2.05, 4.69) is 21.1 Å². The van der Waals surface area contributed by atoms with Crippen LogP contribution in [0.25, 0.3) is 11.1 Å². The Kier molecular flexibility index (Phi) is 4.44. The number of para-hydroxylation sites is 2. The second kappa shape index (κ2) is 7.03. The van der Waals surface area contributed by atoms with E-state index in [4.69, 9.17) is 4.42 Å². The molecule has 0 spiro atoms. The third kappa shape index (κ3) is 3.20. The fourth-order valence-electron chi connectivity index (χ4n) is 3.77. The first-order chi connectivity index (χ1) is 14.4. The summed E-state index contributed by atoms with van der Waals surface area (Å²) < 4.78 is 35.3. The Bertz CT molecular complexity index is 1420. The number of rotatable bonds is 4. The highest BCUT2D eigenvalue weighted by atomic mass is 32.2. The molecule has 154 valence electrons. The van der Waals surface area contributed by atoms with Crippen molar-refractivity contribution in [2.75, 3.05) is 16.2 Å². The van der Waals surface area contributed by atoms with Crippen molar-refractivity contribution in [3.63, 3.8) is 0 Å². The van der Waals surface area contributed by atoms with Crippen LogP contribution < -0.4 is 15.4 Å². The highest BCUT2D eigenvalue weighted by Gasteiger charge is 2.23. The number of oxazole rings is 1. The van der Waals surface area contributed by atoms with Crippen molar-refractivity contribution in [2.24, 2.45) is 7.05 Å². The maximum absolute atomic E-state index is 13.1. The minimum Gasteiger partial charge on any atom is -0.408 e. The van der Waals surface area contributed by atoms with Crippen molar-refractivity contribution in [3.05, 3.63) is 74.9 Å². The summed E-state index contributed by atoms with van der Waals surface area (Å²) in [4.78, 5) is 15.3. The van der Waals surface area contributed by atoms with Crippen LogP contribution in [-0.2, 0) is 30.0 Å². The van der Waals surface area contributed by atoms with Gasteiger partial charge in [0.1, 0.15) is 0 Å². The average molecular weight is 442 g/mol. The van der Waals surface area contributed by atoms with E-state index < -0.39 is 15.8 Å². The van der Waals surface area contributed by atoms with E-state index in [9.17, 15) is 13.2 Å². The molecule has 0 atom stereocenters. The number of thiophene rings is 1. The number of hydrogen-bond acceptors (Lipinski definition) is 6. The molecule has 30 heavy (non-hydrogen) atoms. The minimum atomic E-state index is -3.87. The lowest BCUT2D eigenvalue weighted by atomic mass is 10.1. The zero-order chi connectivity index (χ0) is 20.9. The highest BCUT2D eigenvalue weighted by molar-refractivity contribution is 7.92. The van der Waals surface area contributed by atoms with Gasteiger partial charge in [-0.1, -0.05) is 12.1 Å². The monoisotopic (exact) mass is 441 g/mol. The Morgan fingerprint density at radius 1 is 1.13 bits per heavy atom. The summed E-state index contributed by atoms with van der Waals surface area (Å²) in [5.41, 5.74) is 3.42. The Morgan fingerprint density at radius 3 is 2.83 bits per heavy atom. The topological polar surface area (TPSA) is 84.5 Å². The summed E-state index contributed by atoms with van der Waals surface area (Å²) in [6, 6.07) is 13.9. The molecule has 2 aromatic heterocycles. The first-order valence-electron chi connectivity index (χ1n) is 9.44. The van der Waals surface area contributed by atoms with Crippen molar-refractivity contribution < 1.29 is 12.8 Å². The Labute approximate surface area is 177 Å². The maximum Gasteiger partial charge on any atom is 0.419 e. The fraction of sp³-hybridized carbons (Fsp3) is 0.190. The van der Waals surface area contributed by atoms with Crippen LogP contribution >= 0.6 is 11.3 Å². The van der Waals surface area contributed by atoms with Crippen LogP contribution in [0, 0.1) is 0 Å². The average Bonchev–Trinajstić information content (AvgIpc) is 3.31. The SMILES string of the molecule is Cn1c(=O)oc2cc(S(=O)(=O)Nc3ccccc3N3CCc4sccc4C3)ccc21. The van der Waals surface area contributed by atoms with Gasteiger partial charge in [-0.2, -0.15) is 0 Å². The molecule has 1 N–H and O–H groups in total. The van der Waals surface area contributed by atoms with Crippen molar-refractivity contribution >= 4 is 43.8 Å². The van der Waals surface area contributed by atoms with E-state index in [1.165, 1.54) is 27.1 Å². The molecular weight excluding hydrogens is 422 g/mol.